The number of nitrogens with one attached hydrogen (secondary N) is 1. The number of anilines is 1. The van der Waals surface area contributed by atoms with Crippen LogP contribution in [0.15, 0.2) is 65.8 Å². The van der Waals surface area contributed by atoms with Gasteiger partial charge in [0.25, 0.3) is 5.91 Å². The lowest BCUT2D eigenvalue weighted by molar-refractivity contribution is -0.117. The van der Waals surface area contributed by atoms with Crippen LogP contribution in [0.4, 0.5) is 10.1 Å². The fraction of sp³-hybridized carbons (Fsp3) is 0.0588. The Morgan fingerprint density at radius 1 is 1.26 bits per heavy atom. The molecule has 1 amide bonds. The summed E-state index contributed by atoms with van der Waals surface area (Å²) in [7, 11) is 0. The van der Waals surface area contributed by atoms with Crippen molar-refractivity contribution in [3.05, 3.63) is 77.2 Å². The third-order valence-corrected chi connectivity index (χ3v) is 3.17. The van der Waals surface area contributed by atoms with Crippen molar-refractivity contribution in [3.8, 4) is 0 Å². The first-order chi connectivity index (χ1) is 11.0. The van der Waals surface area contributed by atoms with E-state index in [9.17, 15) is 9.18 Å². The average Bonchev–Trinajstić information content (AvgIpc) is 2.51. The van der Waals surface area contributed by atoms with Crippen LogP contribution < -0.4 is 11.1 Å². The Kier molecular flexibility index (Phi) is 5.88. The number of hydrogen-bond donors (Lipinski definition) is 2. The van der Waals surface area contributed by atoms with E-state index in [1.807, 2.05) is 30.3 Å². The molecule has 0 aliphatic rings. The van der Waals surface area contributed by atoms with Crippen molar-refractivity contribution in [3.63, 3.8) is 0 Å². The standard InChI is InChI=1S/C17H15ClFN3O/c18-14-11-13(6-7-15(14)19)21-9-8-16(20)22-17(23)10-12-4-2-1-3-5-12/h1-9,11,21H,10H2,(H2,20,22,23)/b9-8-. The molecule has 2 aromatic carbocycles. The largest absolute Gasteiger partial charge is 0.384 e. The van der Waals surface area contributed by atoms with Gasteiger partial charge in [0, 0.05) is 11.9 Å². The summed E-state index contributed by atoms with van der Waals surface area (Å²) in [5.41, 5.74) is 7.13. The Morgan fingerprint density at radius 3 is 2.70 bits per heavy atom. The summed E-state index contributed by atoms with van der Waals surface area (Å²) in [6.07, 6.45) is 3.13. The molecular formula is C17H15ClFN3O. The van der Waals surface area contributed by atoms with Gasteiger partial charge in [-0.1, -0.05) is 41.9 Å². The van der Waals surface area contributed by atoms with Gasteiger partial charge >= 0.3 is 0 Å². The molecule has 0 fully saturated rings. The third-order valence-electron chi connectivity index (χ3n) is 2.88. The zero-order chi connectivity index (χ0) is 16.7. The molecule has 0 heterocycles. The number of amides is 1. The first-order valence-corrected chi connectivity index (χ1v) is 7.21. The van der Waals surface area contributed by atoms with Crippen LogP contribution in [0.1, 0.15) is 5.56 Å². The fourth-order valence-electron chi connectivity index (χ4n) is 1.80. The van der Waals surface area contributed by atoms with E-state index in [1.54, 1.807) is 0 Å². The number of rotatable bonds is 5. The molecule has 2 rings (SSSR count). The molecule has 0 unspecified atom stereocenters. The number of nitrogens with zero attached hydrogens (tertiary/aromatic N) is 1. The number of amidine groups is 1. The van der Waals surface area contributed by atoms with Crippen LogP contribution in [0.3, 0.4) is 0 Å². The molecule has 4 nitrogen and oxygen atoms in total. The number of carbonyl (C=O) groups excluding carboxylic acids is 1. The molecule has 0 spiro atoms. The third kappa shape index (κ3) is 5.56. The van der Waals surface area contributed by atoms with Crippen molar-refractivity contribution in [2.45, 2.75) is 6.42 Å². The van der Waals surface area contributed by atoms with E-state index < -0.39 is 5.82 Å². The molecule has 0 aliphatic carbocycles. The lowest BCUT2D eigenvalue weighted by Gasteiger charge is -2.01. The first-order valence-electron chi connectivity index (χ1n) is 6.83. The van der Waals surface area contributed by atoms with Gasteiger partial charge in [-0.15, -0.1) is 0 Å². The van der Waals surface area contributed by atoms with E-state index in [4.69, 9.17) is 17.3 Å². The molecule has 0 aromatic heterocycles. The molecule has 0 atom stereocenters. The van der Waals surface area contributed by atoms with Crippen molar-refractivity contribution in [1.82, 2.24) is 0 Å². The zero-order valence-corrected chi connectivity index (χ0v) is 12.9. The van der Waals surface area contributed by atoms with Crippen LogP contribution in [0.2, 0.25) is 5.02 Å². The van der Waals surface area contributed by atoms with Gasteiger partial charge in [-0.2, -0.15) is 4.99 Å². The molecule has 0 saturated carbocycles. The van der Waals surface area contributed by atoms with E-state index >= 15 is 0 Å². The number of carbonyl (C=O) groups is 1. The second-order valence-corrected chi connectivity index (χ2v) is 5.11. The minimum atomic E-state index is -0.492. The zero-order valence-electron chi connectivity index (χ0n) is 12.2. The van der Waals surface area contributed by atoms with Crippen molar-refractivity contribution in [2.24, 2.45) is 10.7 Å². The summed E-state index contributed by atoms with van der Waals surface area (Å²) in [6, 6.07) is 13.5. The quantitative estimate of drug-likeness (QED) is 0.650. The Bertz CT molecular complexity index is 745. The second kappa shape index (κ2) is 8.10. The van der Waals surface area contributed by atoms with Crippen molar-refractivity contribution in [1.29, 1.82) is 0 Å². The number of aliphatic imine (C=N–C) groups is 1. The Hall–Kier alpha value is -2.66. The van der Waals surface area contributed by atoms with Crippen LogP contribution in [0.25, 0.3) is 0 Å². The van der Waals surface area contributed by atoms with Crippen molar-refractivity contribution >= 4 is 29.0 Å². The summed E-state index contributed by atoms with van der Waals surface area (Å²) in [5, 5.41) is 2.88. The molecule has 23 heavy (non-hydrogen) atoms. The lowest BCUT2D eigenvalue weighted by Crippen LogP contribution is -2.12. The van der Waals surface area contributed by atoms with Crippen molar-refractivity contribution in [2.75, 3.05) is 5.32 Å². The van der Waals surface area contributed by atoms with Crippen LogP contribution >= 0.6 is 11.6 Å². The smallest absolute Gasteiger partial charge is 0.252 e. The molecule has 0 saturated heterocycles. The monoisotopic (exact) mass is 331 g/mol. The van der Waals surface area contributed by atoms with Crippen LogP contribution in [-0.2, 0) is 11.2 Å². The van der Waals surface area contributed by atoms with Gasteiger partial charge in [0.1, 0.15) is 11.7 Å². The van der Waals surface area contributed by atoms with Gasteiger partial charge in [-0.05, 0) is 29.8 Å². The average molecular weight is 332 g/mol. The Morgan fingerprint density at radius 2 is 2.00 bits per heavy atom. The first kappa shape index (κ1) is 16.7. The fourth-order valence-corrected chi connectivity index (χ4v) is 1.98. The van der Waals surface area contributed by atoms with E-state index in [1.165, 1.54) is 30.5 Å². The SMILES string of the molecule is NC(/C=C\Nc1ccc(F)c(Cl)c1)=NC(=O)Cc1ccccc1. The predicted octanol–water partition coefficient (Wildman–Crippen LogP) is 3.53. The van der Waals surface area contributed by atoms with E-state index in [2.05, 4.69) is 10.3 Å². The number of hydrogen-bond acceptors (Lipinski definition) is 2. The molecule has 2 aromatic rings. The molecular weight excluding hydrogens is 317 g/mol. The van der Waals surface area contributed by atoms with E-state index in [-0.39, 0.29) is 23.2 Å². The number of halogens is 2. The van der Waals surface area contributed by atoms with E-state index in [0.717, 1.165) is 5.56 Å². The van der Waals surface area contributed by atoms with Gasteiger partial charge in [-0.3, -0.25) is 4.79 Å². The van der Waals surface area contributed by atoms with Gasteiger partial charge in [-0.25, -0.2) is 4.39 Å². The van der Waals surface area contributed by atoms with Gasteiger partial charge in [0.15, 0.2) is 0 Å². The maximum Gasteiger partial charge on any atom is 0.252 e. The topological polar surface area (TPSA) is 67.5 Å². The highest BCUT2D eigenvalue weighted by Gasteiger charge is 2.02. The molecule has 0 radical (unpaired) electrons. The minimum absolute atomic E-state index is 0.0167. The van der Waals surface area contributed by atoms with Crippen LogP contribution in [0.5, 0.6) is 0 Å². The van der Waals surface area contributed by atoms with E-state index in [0.29, 0.717) is 5.69 Å². The molecule has 118 valence electrons. The maximum absolute atomic E-state index is 13.0. The normalized spacial score (nSPS) is 11.7. The highest BCUT2D eigenvalue weighted by Crippen LogP contribution is 2.19. The number of nitrogens with two attached hydrogens (primary N) is 1. The Labute approximate surface area is 138 Å². The molecule has 3 N–H and O–H groups in total. The summed E-state index contributed by atoms with van der Waals surface area (Å²) in [4.78, 5) is 15.5. The van der Waals surface area contributed by atoms with Gasteiger partial charge < -0.3 is 11.1 Å². The molecule has 6 heteroatoms. The molecule has 0 aliphatic heterocycles. The van der Waals surface area contributed by atoms with Gasteiger partial charge in [0.05, 0.1) is 11.4 Å². The lowest BCUT2D eigenvalue weighted by atomic mass is 10.1. The second-order valence-electron chi connectivity index (χ2n) is 4.70. The maximum atomic E-state index is 13.0. The Balaban J connectivity index is 1.90. The summed E-state index contributed by atoms with van der Waals surface area (Å²) < 4.78 is 13.0. The highest BCUT2D eigenvalue weighted by atomic mass is 35.5. The minimum Gasteiger partial charge on any atom is -0.384 e. The predicted molar refractivity (Wildman–Crippen MR) is 90.9 cm³/mol. The van der Waals surface area contributed by atoms with Crippen LogP contribution in [-0.4, -0.2) is 11.7 Å². The van der Waals surface area contributed by atoms with Crippen molar-refractivity contribution < 1.29 is 9.18 Å². The summed E-state index contributed by atoms with van der Waals surface area (Å²) in [5.74, 6) is -0.747. The number of benzene rings is 2. The highest BCUT2D eigenvalue weighted by molar-refractivity contribution is 6.31. The summed E-state index contributed by atoms with van der Waals surface area (Å²) >= 11 is 5.67. The van der Waals surface area contributed by atoms with Crippen LogP contribution in [0, 0.1) is 5.82 Å². The summed E-state index contributed by atoms with van der Waals surface area (Å²) in [6.45, 7) is 0. The molecule has 0 bridgehead atoms. The van der Waals surface area contributed by atoms with Gasteiger partial charge in [0.2, 0.25) is 0 Å².